The first-order valence-electron chi connectivity index (χ1n) is 9.16. The van der Waals surface area contributed by atoms with Gasteiger partial charge in [-0.15, -0.1) is 0 Å². The van der Waals surface area contributed by atoms with Gasteiger partial charge in [-0.3, -0.25) is 4.79 Å². The van der Waals surface area contributed by atoms with Crippen LogP contribution in [0.15, 0.2) is 42.5 Å². The van der Waals surface area contributed by atoms with E-state index in [0.717, 1.165) is 25.2 Å². The Hall–Kier alpha value is -2.40. The number of quaternary nitrogens is 1. The number of fused-ring (bicyclic) bond motifs is 3. The number of aryl methyl sites for hydroxylation is 1. The van der Waals surface area contributed by atoms with Gasteiger partial charge in [0.2, 0.25) is 0 Å². The number of carbonyl (C=O) groups excluding carboxylic acids is 1. The lowest BCUT2D eigenvalue weighted by Crippen LogP contribution is -3.11. The van der Waals surface area contributed by atoms with E-state index in [9.17, 15) is 9.18 Å². The van der Waals surface area contributed by atoms with Gasteiger partial charge in [0, 0.05) is 12.1 Å². The Kier molecular flexibility index (Phi) is 4.41. The number of nitrogens with one attached hydrogen (secondary N) is 1. The number of nitrogens with zero attached hydrogens (tertiary/aromatic N) is 1. The summed E-state index contributed by atoms with van der Waals surface area (Å²) in [5.74, 6) is -0.0754. The monoisotopic (exact) mass is 355 g/mol. The molecule has 0 aromatic heterocycles. The van der Waals surface area contributed by atoms with Gasteiger partial charge >= 0.3 is 0 Å². The molecule has 4 nitrogen and oxygen atoms in total. The summed E-state index contributed by atoms with van der Waals surface area (Å²) in [5.41, 5.74) is 3.46. The number of amides is 1. The highest BCUT2D eigenvalue weighted by atomic mass is 19.1. The van der Waals surface area contributed by atoms with E-state index >= 15 is 0 Å². The third kappa shape index (κ3) is 2.97. The van der Waals surface area contributed by atoms with Crippen molar-refractivity contribution in [3.05, 3.63) is 59.4 Å². The maximum Gasteiger partial charge on any atom is 0.265 e. The highest BCUT2D eigenvalue weighted by molar-refractivity contribution is 5.97. The van der Waals surface area contributed by atoms with Crippen molar-refractivity contribution in [3.63, 3.8) is 0 Å². The number of benzene rings is 2. The first-order valence-corrected chi connectivity index (χ1v) is 9.16. The molecule has 0 spiro atoms. The van der Waals surface area contributed by atoms with Crippen molar-refractivity contribution >= 4 is 11.6 Å². The smallest absolute Gasteiger partial charge is 0.265 e. The molecule has 1 unspecified atom stereocenters. The van der Waals surface area contributed by atoms with E-state index in [4.69, 9.17) is 4.74 Å². The van der Waals surface area contributed by atoms with Crippen molar-refractivity contribution in [2.45, 2.75) is 25.3 Å². The number of carbonyl (C=O) groups is 1. The minimum Gasteiger partial charge on any atom is -0.481 e. The molecule has 5 heteroatoms. The van der Waals surface area contributed by atoms with E-state index in [0.29, 0.717) is 5.92 Å². The highest BCUT2D eigenvalue weighted by Crippen LogP contribution is 2.43. The zero-order valence-corrected chi connectivity index (χ0v) is 15.2. The molecule has 4 rings (SSSR count). The molecule has 2 aliphatic heterocycles. The number of hydrogen-bond donors (Lipinski definition) is 1. The quantitative estimate of drug-likeness (QED) is 0.913. The molecule has 0 saturated carbocycles. The zero-order valence-electron chi connectivity index (χ0n) is 15.2. The van der Waals surface area contributed by atoms with Crippen LogP contribution >= 0.6 is 0 Å². The van der Waals surface area contributed by atoms with Crippen LogP contribution in [-0.2, 0) is 4.79 Å². The normalized spacial score (nSPS) is 24.1. The molecule has 1 amide bonds. The third-order valence-electron chi connectivity index (χ3n) is 5.53. The van der Waals surface area contributed by atoms with Crippen LogP contribution < -0.4 is 14.5 Å². The second-order valence-corrected chi connectivity index (χ2v) is 7.42. The van der Waals surface area contributed by atoms with Crippen molar-refractivity contribution in [2.24, 2.45) is 0 Å². The number of ether oxygens (including phenoxy) is 1. The van der Waals surface area contributed by atoms with Crippen LogP contribution in [0.2, 0.25) is 0 Å². The third-order valence-corrected chi connectivity index (χ3v) is 5.53. The molecular weight excluding hydrogens is 331 g/mol. The number of piperidine rings is 1. The molecule has 2 aliphatic rings. The van der Waals surface area contributed by atoms with Gasteiger partial charge in [0.05, 0.1) is 32.1 Å². The fraction of sp³-hybridized carbons (Fsp3) is 0.381. The van der Waals surface area contributed by atoms with Crippen molar-refractivity contribution in [3.8, 4) is 5.75 Å². The number of likely N-dealkylation sites (N-methyl/N-ethyl adjacent to an activating group) is 1. The minimum absolute atomic E-state index is 0.106. The van der Waals surface area contributed by atoms with Gasteiger partial charge in [0.25, 0.3) is 5.91 Å². The Morgan fingerprint density at radius 2 is 2.12 bits per heavy atom. The zero-order chi connectivity index (χ0) is 18.3. The first-order chi connectivity index (χ1) is 12.5. The van der Waals surface area contributed by atoms with E-state index in [2.05, 4.69) is 20.0 Å². The Labute approximate surface area is 153 Å². The number of para-hydroxylation sites is 1. The largest absolute Gasteiger partial charge is 0.481 e. The second-order valence-electron chi connectivity index (χ2n) is 7.42. The molecule has 26 heavy (non-hydrogen) atoms. The maximum atomic E-state index is 13.8. The van der Waals surface area contributed by atoms with Gasteiger partial charge < -0.3 is 14.5 Å². The molecule has 2 aromatic rings. The summed E-state index contributed by atoms with van der Waals surface area (Å²) in [5, 5.41) is 0. The number of hydrogen-bond acceptors (Lipinski definition) is 2. The Bertz CT molecular complexity index is 839. The summed E-state index contributed by atoms with van der Waals surface area (Å²) in [6, 6.07) is 12.7. The summed E-state index contributed by atoms with van der Waals surface area (Å²) in [6.07, 6.45) is 0.968. The van der Waals surface area contributed by atoms with E-state index in [1.54, 1.807) is 18.2 Å². The van der Waals surface area contributed by atoms with Crippen LogP contribution in [0.3, 0.4) is 0 Å². The molecule has 1 saturated heterocycles. The van der Waals surface area contributed by atoms with E-state index in [-0.39, 0.29) is 24.3 Å². The van der Waals surface area contributed by atoms with Gasteiger partial charge in [0.15, 0.2) is 18.2 Å². The molecule has 0 bridgehead atoms. The number of rotatable bonds is 3. The Morgan fingerprint density at radius 3 is 2.92 bits per heavy atom. The van der Waals surface area contributed by atoms with Crippen molar-refractivity contribution in [1.29, 1.82) is 0 Å². The molecule has 2 aromatic carbocycles. The van der Waals surface area contributed by atoms with Gasteiger partial charge in [-0.2, -0.15) is 0 Å². The Balaban J connectivity index is 1.59. The van der Waals surface area contributed by atoms with Crippen molar-refractivity contribution in [1.82, 2.24) is 0 Å². The van der Waals surface area contributed by atoms with Crippen LogP contribution in [0, 0.1) is 12.7 Å². The molecule has 1 N–H and O–H groups in total. The second kappa shape index (κ2) is 6.72. The summed E-state index contributed by atoms with van der Waals surface area (Å²) in [4.78, 5) is 16.4. The summed E-state index contributed by atoms with van der Waals surface area (Å²) < 4.78 is 19.2. The average Bonchev–Trinajstić information content (AvgIpc) is 2.94. The summed E-state index contributed by atoms with van der Waals surface area (Å²) >= 11 is 0. The van der Waals surface area contributed by atoms with Crippen LogP contribution in [-0.4, -0.2) is 38.7 Å². The fourth-order valence-electron chi connectivity index (χ4n) is 4.29. The van der Waals surface area contributed by atoms with Crippen LogP contribution in [0.5, 0.6) is 5.75 Å². The highest BCUT2D eigenvalue weighted by Gasteiger charge is 2.45. The van der Waals surface area contributed by atoms with Crippen LogP contribution in [0.1, 0.15) is 23.5 Å². The van der Waals surface area contributed by atoms with Crippen LogP contribution in [0.4, 0.5) is 10.1 Å². The summed E-state index contributed by atoms with van der Waals surface area (Å²) in [7, 11) is 2.21. The maximum absolute atomic E-state index is 13.8. The van der Waals surface area contributed by atoms with E-state index < -0.39 is 5.82 Å². The molecule has 136 valence electrons. The van der Waals surface area contributed by atoms with E-state index in [1.807, 2.05) is 17.0 Å². The topological polar surface area (TPSA) is 34.0 Å². The average molecular weight is 355 g/mol. The predicted octanol–water partition coefficient (Wildman–Crippen LogP) is 1.93. The molecule has 2 heterocycles. The molecule has 0 radical (unpaired) electrons. The molecule has 3 atom stereocenters. The first kappa shape index (κ1) is 17.0. The van der Waals surface area contributed by atoms with Gasteiger partial charge in [-0.25, -0.2) is 4.39 Å². The van der Waals surface area contributed by atoms with Gasteiger partial charge in [0.1, 0.15) is 0 Å². The molecule has 0 aliphatic carbocycles. The van der Waals surface area contributed by atoms with Gasteiger partial charge in [-0.1, -0.05) is 29.8 Å². The fourth-order valence-corrected chi connectivity index (χ4v) is 4.29. The molecular formula is C21H24FN2O2+. The van der Waals surface area contributed by atoms with Crippen molar-refractivity contribution < 1.29 is 18.8 Å². The standard InChI is InChI=1S/C21H23FN2O2/c1-14-7-8-18-15(11-14)16-12-23(2)10-9-19(16)24(18)21(25)13-26-20-6-4-3-5-17(20)22/h3-8,11,16,19H,9-10,12-13H2,1-2H3/p+1/t16-,19+/m0/s1. The van der Waals surface area contributed by atoms with E-state index in [1.165, 1.54) is 22.1 Å². The minimum atomic E-state index is -0.446. The lowest BCUT2D eigenvalue weighted by Gasteiger charge is -2.34. The van der Waals surface area contributed by atoms with Crippen LogP contribution in [0.25, 0.3) is 0 Å². The number of likely N-dealkylation sites (tertiary alicyclic amines) is 1. The lowest BCUT2D eigenvalue weighted by atomic mass is 9.89. The Morgan fingerprint density at radius 1 is 1.31 bits per heavy atom. The number of anilines is 1. The molecule has 1 fully saturated rings. The van der Waals surface area contributed by atoms with Gasteiger partial charge in [-0.05, 0) is 30.7 Å². The number of halogens is 1. The predicted molar refractivity (Wildman–Crippen MR) is 98.3 cm³/mol. The SMILES string of the molecule is Cc1ccc2c(c1)[C@@H]1C[NH+](C)CC[C@H]1N2C(=O)COc1ccccc1F. The lowest BCUT2D eigenvalue weighted by molar-refractivity contribution is -0.886. The van der Waals surface area contributed by atoms with Crippen molar-refractivity contribution in [2.75, 3.05) is 31.6 Å². The summed E-state index contributed by atoms with van der Waals surface area (Å²) in [6.45, 7) is 4.01.